The van der Waals surface area contributed by atoms with Crippen molar-refractivity contribution < 1.29 is 8.42 Å². The first-order valence-corrected chi connectivity index (χ1v) is 7.05. The summed E-state index contributed by atoms with van der Waals surface area (Å²) in [4.78, 5) is 3.82. The Morgan fingerprint density at radius 1 is 1.35 bits per heavy atom. The minimum absolute atomic E-state index is 0.00584. The summed E-state index contributed by atoms with van der Waals surface area (Å²) in [5.74, 6) is 0.462. The molecule has 0 aliphatic carbocycles. The van der Waals surface area contributed by atoms with Crippen LogP contribution in [-0.4, -0.2) is 19.2 Å². The summed E-state index contributed by atoms with van der Waals surface area (Å²) in [6.45, 7) is 6.02. The summed E-state index contributed by atoms with van der Waals surface area (Å²) in [5.41, 5.74) is 5.85. The predicted octanol–water partition coefficient (Wildman–Crippen LogP) is 1.84. The van der Waals surface area contributed by atoms with Crippen LogP contribution in [0.25, 0.3) is 0 Å². The van der Waals surface area contributed by atoms with Gasteiger partial charge in [0.25, 0.3) is 0 Å². The minimum atomic E-state index is -3.31. The number of nitrogens with zero attached hydrogens (tertiary/aromatic N) is 1. The first-order valence-electron chi connectivity index (χ1n) is 5.40. The third-order valence-electron chi connectivity index (χ3n) is 2.18. The summed E-state index contributed by atoms with van der Waals surface area (Å²) in [5, 5.41) is 0. The third-order valence-corrected chi connectivity index (χ3v) is 3.47. The molecule has 0 aliphatic heterocycles. The van der Waals surface area contributed by atoms with E-state index in [-0.39, 0.29) is 11.2 Å². The second-order valence-electron chi connectivity index (χ2n) is 5.20. The molecule has 0 bridgehead atoms. The Labute approximate surface area is 102 Å². The highest BCUT2D eigenvalue weighted by Gasteiger charge is 2.17. The van der Waals surface area contributed by atoms with Crippen LogP contribution in [0.2, 0.25) is 0 Å². The highest BCUT2D eigenvalue weighted by atomic mass is 32.2. The van der Waals surface area contributed by atoms with Crippen LogP contribution in [0.3, 0.4) is 0 Å². The summed E-state index contributed by atoms with van der Waals surface area (Å²) >= 11 is 0. The molecule has 0 aliphatic rings. The molecule has 1 heterocycles. The van der Waals surface area contributed by atoms with E-state index < -0.39 is 10.0 Å². The van der Waals surface area contributed by atoms with Gasteiger partial charge in [-0.25, -0.2) is 13.4 Å². The highest BCUT2D eigenvalue weighted by molar-refractivity contribution is 7.92. The first-order chi connectivity index (χ1) is 7.68. The Bertz CT molecular complexity index is 460. The molecule has 0 saturated carbocycles. The van der Waals surface area contributed by atoms with Gasteiger partial charge in [0, 0.05) is 0 Å². The summed E-state index contributed by atoms with van der Waals surface area (Å²) in [7, 11) is -3.31. The Kier molecular flexibility index (Phi) is 3.98. The van der Waals surface area contributed by atoms with Crippen molar-refractivity contribution in [3.63, 3.8) is 0 Å². The number of hydrogen-bond acceptors (Lipinski definition) is 4. The maximum atomic E-state index is 11.8. The molecular formula is C11H19N3O2S. The molecule has 0 fully saturated rings. The lowest BCUT2D eigenvalue weighted by Crippen LogP contribution is -2.21. The Morgan fingerprint density at radius 2 is 2.00 bits per heavy atom. The molecule has 1 aromatic rings. The van der Waals surface area contributed by atoms with E-state index in [1.54, 1.807) is 12.1 Å². The SMILES string of the molecule is CC(C)(C)CCS(=O)(=O)Nc1ccc(N)nc1. The molecule has 3 N–H and O–H groups in total. The quantitative estimate of drug-likeness (QED) is 0.862. The van der Waals surface area contributed by atoms with Gasteiger partial charge in [-0.1, -0.05) is 20.8 Å². The van der Waals surface area contributed by atoms with Crippen molar-refractivity contribution in [1.29, 1.82) is 0 Å². The second kappa shape index (κ2) is 4.91. The lowest BCUT2D eigenvalue weighted by molar-refractivity contribution is 0.397. The monoisotopic (exact) mass is 257 g/mol. The molecule has 0 radical (unpaired) electrons. The van der Waals surface area contributed by atoms with Gasteiger partial charge < -0.3 is 5.73 Å². The smallest absolute Gasteiger partial charge is 0.232 e. The maximum absolute atomic E-state index is 11.8. The Balaban J connectivity index is 2.64. The van der Waals surface area contributed by atoms with E-state index in [4.69, 9.17) is 5.73 Å². The van der Waals surface area contributed by atoms with Crippen LogP contribution in [0.4, 0.5) is 11.5 Å². The number of nitrogens with one attached hydrogen (secondary N) is 1. The molecule has 96 valence electrons. The van der Waals surface area contributed by atoms with E-state index in [0.29, 0.717) is 17.9 Å². The summed E-state index contributed by atoms with van der Waals surface area (Å²) in [6, 6.07) is 3.15. The third kappa shape index (κ3) is 5.53. The largest absolute Gasteiger partial charge is 0.384 e. The molecule has 0 amide bonds. The van der Waals surface area contributed by atoms with Crippen molar-refractivity contribution in [2.45, 2.75) is 27.2 Å². The van der Waals surface area contributed by atoms with Crippen molar-refractivity contribution in [3.05, 3.63) is 18.3 Å². The zero-order chi connectivity index (χ0) is 13.1. The summed E-state index contributed by atoms with van der Waals surface area (Å²) in [6.07, 6.45) is 2.01. The van der Waals surface area contributed by atoms with Crippen molar-refractivity contribution in [1.82, 2.24) is 4.98 Å². The average Bonchev–Trinajstić information content (AvgIpc) is 2.18. The molecule has 0 atom stereocenters. The molecule has 1 aromatic heterocycles. The Morgan fingerprint density at radius 3 is 2.47 bits per heavy atom. The van der Waals surface area contributed by atoms with Crippen LogP contribution in [0.5, 0.6) is 0 Å². The molecule has 0 saturated heterocycles. The van der Waals surface area contributed by atoms with E-state index in [1.807, 2.05) is 20.8 Å². The number of sulfonamides is 1. The van der Waals surface area contributed by atoms with Crippen LogP contribution in [0, 0.1) is 5.41 Å². The molecule has 0 aromatic carbocycles. The van der Waals surface area contributed by atoms with Crippen LogP contribution in [0.1, 0.15) is 27.2 Å². The number of rotatable bonds is 4. The lowest BCUT2D eigenvalue weighted by Gasteiger charge is -2.18. The number of anilines is 2. The number of nitrogens with two attached hydrogens (primary N) is 1. The maximum Gasteiger partial charge on any atom is 0.232 e. The van der Waals surface area contributed by atoms with Gasteiger partial charge >= 0.3 is 0 Å². The van der Waals surface area contributed by atoms with Crippen LogP contribution in [0.15, 0.2) is 18.3 Å². The van der Waals surface area contributed by atoms with Crippen LogP contribution >= 0.6 is 0 Å². The number of hydrogen-bond donors (Lipinski definition) is 2. The van der Waals surface area contributed by atoms with Gasteiger partial charge in [-0.3, -0.25) is 4.72 Å². The fraction of sp³-hybridized carbons (Fsp3) is 0.545. The van der Waals surface area contributed by atoms with Crippen LogP contribution in [-0.2, 0) is 10.0 Å². The Hall–Kier alpha value is -1.30. The standard InChI is InChI=1S/C11H19N3O2S/c1-11(2,3)6-7-17(15,16)14-9-4-5-10(12)13-8-9/h4-5,8,14H,6-7H2,1-3H3,(H2,12,13). The fourth-order valence-corrected chi connectivity index (χ4v) is 2.60. The molecule has 0 unspecified atom stereocenters. The molecule has 1 rings (SSSR count). The molecule has 5 nitrogen and oxygen atoms in total. The van der Waals surface area contributed by atoms with Gasteiger partial charge in [0.15, 0.2) is 0 Å². The van der Waals surface area contributed by atoms with Gasteiger partial charge in [-0.15, -0.1) is 0 Å². The topological polar surface area (TPSA) is 85.1 Å². The van der Waals surface area contributed by atoms with Crippen molar-refractivity contribution >= 4 is 21.5 Å². The molecule has 17 heavy (non-hydrogen) atoms. The fourth-order valence-electron chi connectivity index (χ4n) is 1.14. The van der Waals surface area contributed by atoms with Gasteiger partial charge in [0.1, 0.15) is 5.82 Å². The van der Waals surface area contributed by atoms with Crippen LogP contribution < -0.4 is 10.5 Å². The number of pyridine rings is 1. The zero-order valence-corrected chi connectivity index (χ0v) is 11.2. The molecular weight excluding hydrogens is 238 g/mol. The van der Waals surface area contributed by atoms with Gasteiger partial charge in [0.2, 0.25) is 10.0 Å². The predicted molar refractivity (Wildman–Crippen MR) is 70.1 cm³/mol. The van der Waals surface area contributed by atoms with Crippen molar-refractivity contribution in [2.24, 2.45) is 5.41 Å². The minimum Gasteiger partial charge on any atom is -0.384 e. The second-order valence-corrected chi connectivity index (χ2v) is 7.05. The van der Waals surface area contributed by atoms with Crippen molar-refractivity contribution in [2.75, 3.05) is 16.2 Å². The number of aromatic nitrogens is 1. The average molecular weight is 257 g/mol. The van der Waals surface area contributed by atoms with E-state index in [1.165, 1.54) is 6.20 Å². The lowest BCUT2D eigenvalue weighted by atomic mass is 9.94. The molecule has 6 heteroatoms. The zero-order valence-electron chi connectivity index (χ0n) is 10.4. The van der Waals surface area contributed by atoms with Gasteiger partial charge in [-0.2, -0.15) is 0 Å². The first kappa shape index (κ1) is 13.8. The molecule has 0 spiro atoms. The normalized spacial score (nSPS) is 12.4. The van der Waals surface area contributed by atoms with E-state index in [2.05, 4.69) is 9.71 Å². The summed E-state index contributed by atoms with van der Waals surface area (Å²) < 4.78 is 26.0. The van der Waals surface area contributed by atoms with E-state index in [0.717, 1.165) is 0 Å². The highest BCUT2D eigenvalue weighted by Crippen LogP contribution is 2.20. The van der Waals surface area contributed by atoms with Gasteiger partial charge in [0.05, 0.1) is 17.6 Å². The van der Waals surface area contributed by atoms with Crippen molar-refractivity contribution in [3.8, 4) is 0 Å². The van der Waals surface area contributed by atoms with E-state index >= 15 is 0 Å². The number of nitrogen functional groups attached to an aromatic ring is 1. The van der Waals surface area contributed by atoms with Gasteiger partial charge in [-0.05, 0) is 24.0 Å². The van der Waals surface area contributed by atoms with E-state index in [9.17, 15) is 8.42 Å².